The molecule has 0 bridgehead atoms. The van der Waals surface area contributed by atoms with Gasteiger partial charge in [-0.3, -0.25) is 14.8 Å². The predicted molar refractivity (Wildman–Crippen MR) is 136 cm³/mol. The van der Waals surface area contributed by atoms with Crippen molar-refractivity contribution in [3.8, 4) is 0 Å². The van der Waals surface area contributed by atoms with Crippen LogP contribution in [0, 0.1) is 13.8 Å². The molecule has 33 heavy (non-hydrogen) atoms. The van der Waals surface area contributed by atoms with Gasteiger partial charge in [-0.1, -0.05) is 52.0 Å². The number of carbonyl (C=O) groups excluding carboxylic acids is 1. The molecule has 0 spiro atoms. The minimum absolute atomic E-state index is 0.0361. The number of aromatic nitrogens is 2. The Bertz CT molecular complexity index is 1120. The number of nitrogens with zero attached hydrogens (tertiary/aromatic N) is 3. The number of hydrogen-bond acceptors (Lipinski definition) is 3. The van der Waals surface area contributed by atoms with Crippen LogP contribution in [0.15, 0.2) is 59.7 Å². The summed E-state index contributed by atoms with van der Waals surface area (Å²) in [5, 5.41) is 10.8. The summed E-state index contributed by atoms with van der Waals surface area (Å²) in [5.74, 6) is 0.209. The normalized spacial score (nSPS) is 12.0. The van der Waals surface area contributed by atoms with Crippen molar-refractivity contribution >= 4 is 17.6 Å². The van der Waals surface area contributed by atoms with E-state index in [1.807, 2.05) is 73.3 Å². The average molecular weight is 446 g/mol. The second-order valence-electron chi connectivity index (χ2n) is 9.44. The number of nitrogens with one attached hydrogen (secondary N) is 2. The summed E-state index contributed by atoms with van der Waals surface area (Å²) in [5.41, 5.74) is 5.80. The molecule has 0 aliphatic rings. The molecule has 0 aliphatic carbocycles. The smallest absolute Gasteiger partial charge is 0.257 e. The molecule has 0 unspecified atom stereocenters. The van der Waals surface area contributed by atoms with Crippen molar-refractivity contribution in [1.29, 1.82) is 0 Å². The van der Waals surface area contributed by atoms with Gasteiger partial charge in [0.05, 0.1) is 12.2 Å². The Morgan fingerprint density at radius 2 is 1.82 bits per heavy atom. The van der Waals surface area contributed by atoms with Gasteiger partial charge in [0.2, 0.25) is 5.96 Å². The van der Waals surface area contributed by atoms with Crippen molar-refractivity contribution in [2.24, 2.45) is 4.99 Å². The number of hydrogen-bond donors (Lipinski definition) is 2. The molecule has 1 heterocycles. The minimum atomic E-state index is -0.201. The Kier molecular flexibility index (Phi) is 7.69. The average Bonchev–Trinajstić information content (AvgIpc) is 3.11. The number of aliphatic imine (C=N–C) groups is 1. The predicted octanol–water partition coefficient (Wildman–Crippen LogP) is 5.61. The summed E-state index contributed by atoms with van der Waals surface area (Å²) in [4.78, 5) is 17.7. The Labute approximate surface area is 197 Å². The van der Waals surface area contributed by atoms with Gasteiger partial charge in [0.25, 0.3) is 5.91 Å². The van der Waals surface area contributed by atoms with Gasteiger partial charge >= 0.3 is 0 Å². The highest BCUT2D eigenvalue weighted by Crippen LogP contribution is 2.22. The van der Waals surface area contributed by atoms with Crippen molar-refractivity contribution < 1.29 is 4.79 Å². The van der Waals surface area contributed by atoms with Crippen molar-refractivity contribution in [1.82, 2.24) is 15.1 Å². The number of anilines is 1. The van der Waals surface area contributed by atoms with E-state index in [1.54, 1.807) is 0 Å². The van der Waals surface area contributed by atoms with Crippen molar-refractivity contribution in [2.75, 3.05) is 5.32 Å². The van der Waals surface area contributed by atoms with E-state index in [-0.39, 0.29) is 11.3 Å². The zero-order valence-electron chi connectivity index (χ0n) is 20.6. The minimum Gasteiger partial charge on any atom is -0.326 e. The Hall–Kier alpha value is -3.41. The molecule has 0 saturated heterocycles. The van der Waals surface area contributed by atoms with Crippen molar-refractivity contribution in [2.45, 2.75) is 66.5 Å². The molecule has 0 radical (unpaired) electrons. The van der Waals surface area contributed by atoms with Gasteiger partial charge in [-0.05, 0) is 61.1 Å². The van der Waals surface area contributed by atoms with Crippen molar-refractivity contribution in [3.63, 3.8) is 0 Å². The molecule has 6 heteroatoms. The lowest BCUT2D eigenvalue weighted by Crippen LogP contribution is -2.36. The monoisotopic (exact) mass is 445 g/mol. The fourth-order valence-electron chi connectivity index (χ4n) is 3.49. The third-order valence-corrected chi connectivity index (χ3v) is 5.43. The molecule has 3 aromatic rings. The van der Waals surface area contributed by atoms with E-state index in [9.17, 15) is 4.79 Å². The van der Waals surface area contributed by atoms with Crippen LogP contribution in [-0.2, 0) is 18.5 Å². The quantitative estimate of drug-likeness (QED) is 0.383. The van der Waals surface area contributed by atoms with E-state index in [0.717, 1.165) is 35.5 Å². The van der Waals surface area contributed by atoms with Gasteiger partial charge < -0.3 is 5.32 Å². The molecule has 3 rings (SSSR count). The molecule has 0 aliphatic heterocycles. The number of carbonyl (C=O) groups is 1. The maximum absolute atomic E-state index is 13.0. The summed E-state index contributed by atoms with van der Waals surface area (Å²) < 4.78 is 1.95. The number of amides is 1. The van der Waals surface area contributed by atoms with Crippen LogP contribution in [0.4, 0.5) is 5.69 Å². The zero-order chi connectivity index (χ0) is 24.0. The molecule has 174 valence electrons. The Balaban J connectivity index is 1.82. The van der Waals surface area contributed by atoms with Gasteiger partial charge in [-0.2, -0.15) is 5.10 Å². The number of aryl methyl sites for hydroxylation is 3. The fourth-order valence-corrected chi connectivity index (χ4v) is 3.49. The lowest BCUT2D eigenvalue weighted by atomic mass is 9.87. The molecule has 1 amide bonds. The first kappa shape index (κ1) is 24.2. The lowest BCUT2D eigenvalue weighted by Gasteiger charge is -2.19. The van der Waals surface area contributed by atoms with E-state index >= 15 is 0 Å². The molecule has 2 N–H and O–H groups in total. The highest BCUT2D eigenvalue weighted by Gasteiger charge is 2.15. The molecule has 6 nitrogen and oxygen atoms in total. The molecule has 0 saturated carbocycles. The summed E-state index contributed by atoms with van der Waals surface area (Å²) in [6, 6.07) is 15.7. The number of guanidine groups is 1. The van der Waals surface area contributed by atoms with Gasteiger partial charge in [0, 0.05) is 29.6 Å². The van der Waals surface area contributed by atoms with Crippen LogP contribution in [0.5, 0.6) is 0 Å². The highest BCUT2D eigenvalue weighted by atomic mass is 16.1. The Morgan fingerprint density at radius 1 is 1.09 bits per heavy atom. The third kappa shape index (κ3) is 6.78. The molecule has 0 atom stereocenters. The summed E-state index contributed by atoms with van der Waals surface area (Å²) in [7, 11) is 0. The standard InChI is InChI=1S/C27H35N5O/c1-7-15-32-18-22(20(3)31-32)17-28-26(29-24-10-8-9-19(2)16-24)30-25(33)21-11-13-23(14-12-21)27(4,5)6/h8-14,16,18H,7,15,17H2,1-6H3,(H2,28,29,30,33). The topological polar surface area (TPSA) is 71.3 Å². The summed E-state index contributed by atoms with van der Waals surface area (Å²) in [6.07, 6.45) is 3.05. The molecule has 1 aromatic heterocycles. The zero-order valence-corrected chi connectivity index (χ0v) is 20.6. The maximum Gasteiger partial charge on any atom is 0.257 e. The van der Waals surface area contributed by atoms with E-state index < -0.39 is 0 Å². The highest BCUT2D eigenvalue weighted by molar-refractivity contribution is 6.10. The summed E-state index contributed by atoms with van der Waals surface area (Å²) >= 11 is 0. The lowest BCUT2D eigenvalue weighted by molar-refractivity contribution is 0.0977. The van der Waals surface area contributed by atoms with Gasteiger partial charge in [-0.25, -0.2) is 4.99 Å². The van der Waals surface area contributed by atoms with Crippen LogP contribution in [0.1, 0.15) is 66.9 Å². The first-order valence-corrected chi connectivity index (χ1v) is 11.5. The first-order valence-electron chi connectivity index (χ1n) is 11.5. The molecular weight excluding hydrogens is 410 g/mol. The van der Waals surface area contributed by atoms with Gasteiger partial charge in [-0.15, -0.1) is 0 Å². The van der Waals surface area contributed by atoms with Crippen LogP contribution in [-0.4, -0.2) is 21.6 Å². The molecule has 0 fully saturated rings. The number of benzene rings is 2. The first-order chi connectivity index (χ1) is 15.7. The van der Waals surface area contributed by atoms with Crippen LogP contribution < -0.4 is 10.6 Å². The molecule has 2 aromatic carbocycles. The SMILES string of the molecule is CCCn1cc(CN=C(NC(=O)c2ccc(C(C)(C)C)cc2)Nc2cccc(C)c2)c(C)n1. The van der Waals surface area contributed by atoms with Crippen LogP contribution in [0.3, 0.4) is 0 Å². The molecular formula is C27H35N5O. The fraction of sp³-hybridized carbons (Fsp3) is 0.370. The van der Waals surface area contributed by atoms with Crippen molar-refractivity contribution in [3.05, 3.63) is 82.7 Å². The van der Waals surface area contributed by atoms with Crippen LogP contribution in [0.25, 0.3) is 0 Å². The van der Waals surface area contributed by atoms with Gasteiger partial charge in [0.15, 0.2) is 0 Å². The third-order valence-electron chi connectivity index (χ3n) is 5.43. The van der Waals surface area contributed by atoms with Gasteiger partial charge in [0.1, 0.15) is 0 Å². The van der Waals surface area contributed by atoms with E-state index in [0.29, 0.717) is 18.1 Å². The Morgan fingerprint density at radius 3 is 2.45 bits per heavy atom. The second-order valence-corrected chi connectivity index (χ2v) is 9.44. The van der Waals surface area contributed by atoms with E-state index in [4.69, 9.17) is 4.99 Å². The maximum atomic E-state index is 13.0. The van der Waals surface area contributed by atoms with Crippen LogP contribution >= 0.6 is 0 Å². The number of rotatable bonds is 6. The second kappa shape index (κ2) is 10.5. The summed E-state index contributed by atoms with van der Waals surface area (Å²) in [6.45, 7) is 13.9. The van der Waals surface area contributed by atoms with Crippen LogP contribution in [0.2, 0.25) is 0 Å². The van der Waals surface area contributed by atoms with E-state index in [1.165, 1.54) is 5.56 Å². The van der Waals surface area contributed by atoms with E-state index in [2.05, 4.69) is 43.4 Å². The largest absolute Gasteiger partial charge is 0.326 e.